The van der Waals surface area contributed by atoms with E-state index in [1.165, 1.54) is 11.3 Å². The molecule has 2 aromatic heterocycles. The number of allylic oxidation sites excluding steroid dienone is 1. The summed E-state index contributed by atoms with van der Waals surface area (Å²) >= 11 is 1.32. The predicted octanol–water partition coefficient (Wildman–Crippen LogP) is 3.66. The minimum atomic E-state index is -0.690. The number of amides is 1. The highest BCUT2D eigenvalue weighted by Gasteiger charge is 2.36. The van der Waals surface area contributed by atoms with Crippen LogP contribution in [-0.2, 0) is 4.79 Å². The third kappa shape index (κ3) is 4.27. The third-order valence-corrected chi connectivity index (χ3v) is 7.71. The molecule has 0 saturated heterocycles. The molecule has 1 amide bonds. The molecule has 37 heavy (non-hydrogen) atoms. The van der Waals surface area contributed by atoms with Crippen molar-refractivity contribution in [1.82, 2.24) is 14.5 Å². The first-order chi connectivity index (χ1) is 18.0. The van der Waals surface area contributed by atoms with E-state index < -0.39 is 6.04 Å². The fourth-order valence-electron chi connectivity index (χ4n) is 4.90. The standard InChI is InChI=1S/C29H28N4O3S/c1-5-32(6-2)28(35)24-18(3)31-29-33(27(34)23(37-29)17-19-13-15-30-16-14-19)26(24)25-21-10-8-7-9-20(21)11-12-22(25)36-4/h7-17,26H,5-6H2,1-4H3/b23-17+/t26-/m0/s1. The minimum Gasteiger partial charge on any atom is -0.496 e. The van der Waals surface area contributed by atoms with Crippen molar-refractivity contribution in [2.75, 3.05) is 20.2 Å². The monoisotopic (exact) mass is 512 g/mol. The van der Waals surface area contributed by atoms with Gasteiger partial charge in [-0.15, -0.1) is 0 Å². The highest BCUT2D eigenvalue weighted by molar-refractivity contribution is 7.07. The van der Waals surface area contributed by atoms with Crippen LogP contribution in [0, 0.1) is 0 Å². The zero-order chi connectivity index (χ0) is 26.1. The van der Waals surface area contributed by atoms with Crippen LogP contribution < -0.4 is 19.6 Å². The number of benzene rings is 2. The van der Waals surface area contributed by atoms with E-state index in [1.54, 1.807) is 29.0 Å². The topological polar surface area (TPSA) is 76.8 Å². The van der Waals surface area contributed by atoms with Crippen molar-refractivity contribution in [2.45, 2.75) is 26.8 Å². The maximum Gasteiger partial charge on any atom is 0.271 e. The average Bonchev–Trinajstić information content (AvgIpc) is 3.22. The van der Waals surface area contributed by atoms with Gasteiger partial charge in [-0.25, -0.2) is 4.99 Å². The summed E-state index contributed by atoms with van der Waals surface area (Å²) < 4.78 is 8.03. The van der Waals surface area contributed by atoms with Crippen LogP contribution in [0.15, 0.2) is 82.0 Å². The second-order valence-electron chi connectivity index (χ2n) is 8.74. The van der Waals surface area contributed by atoms with Crippen LogP contribution in [0.5, 0.6) is 5.75 Å². The quantitative estimate of drug-likeness (QED) is 0.395. The van der Waals surface area contributed by atoms with Gasteiger partial charge in [0.15, 0.2) is 4.80 Å². The molecule has 0 spiro atoms. The molecule has 5 rings (SSSR count). The molecule has 0 unspecified atom stereocenters. The largest absolute Gasteiger partial charge is 0.496 e. The van der Waals surface area contributed by atoms with Gasteiger partial charge in [-0.05, 0) is 61.4 Å². The highest BCUT2D eigenvalue weighted by Crippen LogP contribution is 2.40. The molecule has 0 N–H and O–H groups in total. The Bertz CT molecular complexity index is 1700. The Kier molecular flexibility index (Phi) is 6.76. The number of thiazole rings is 1. The van der Waals surface area contributed by atoms with Crippen molar-refractivity contribution < 1.29 is 9.53 Å². The second-order valence-corrected chi connectivity index (χ2v) is 9.75. The molecule has 4 aromatic rings. The maximum atomic E-state index is 14.0. The summed E-state index contributed by atoms with van der Waals surface area (Å²) in [6, 6.07) is 14.9. The lowest BCUT2D eigenvalue weighted by Gasteiger charge is -2.30. The summed E-state index contributed by atoms with van der Waals surface area (Å²) in [5.74, 6) is 0.488. The number of nitrogens with zero attached hydrogens (tertiary/aromatic N) is 4. The van der Waals surface area contributed by atoms with Gasteiger partial charge in [-0.2, -0.15) is 0 Å². The molecule has 1 aliphatic heterocycles. The van der Waals surface area contributed by atoms with Crippen LogP contribution in [-0.4, -0.2) is 40.6 Å². The van der Waals surface area contributed by atoms with Gasteiger partial charge in [0.25, 0.3) is 11.5 Å². The number of fused-ring (bicyclic) bond motifs is 2. The second kappa shape index (κ2) is 10.1. The average molecular weight is 513 g/mol. The number of likely N-dealkylation sites (N-methyl/N-ethyl adjacent to an activating group) is 1. The number of hydrogen-bond acceptors (Lipinski definition) is 6. The number of aromatic nitrogens is 2. The Balaban J connectivity index is 1.87. The van der Waals surface area contributed by atoms with Crippen LogP contribution in [0.3, 0.4) is 0 Å². The molecule has 1 aliphatic rings. The highest BCUT2D eigenvalue weighted by atomic mass is 32.1. The Morgan fingerprint density at radius 1 is 1.11 bits per heavy atom. The van der Waals surface area contributed by atoms with Crippen molar-refractivity contribution in [3.8, 4) is 5.75 Å². The first-order valence-electron chi connectivity index (χ1n) is 12.3. The lowest BCUT2D eigenvalue weighted by molar-refractivity contribution is -0.127. The molecule has 0 radical (unpaired) electrons. The molecule has 7 nitrogen and oxygen atoms in total. The molecular weight excluding hydrogens is 484 g/mol. The van der Waals surface area contributed by atoms with Gasteiger partial charge < -0.3 is 9.64 Å². The molecule has 1 atom stereocenters. The van der Waals surface area contributed by atoms with Crippen LogP contribution >= 0.6 is 11.3 Å². The number of rotatable bonds is 6. The van der Waals surface area contributed by atoms with Crippen molar-refractivity contribution in [2.24, 2.45) is 4.99 Å². The SMILES string of the molecule is CCN(CC)C(=O)C1=C(C)N=c2s/c(=C/c3ccncc3)c(=O)n2[C@@H]1c1c(OC)ccc2ccccc12. The third-order valence-electron chi connectivity index (χ3n) is 6.73. The van der Waals surface area contributed by atoms with E-state index in [-0.39, 0.29) is 11.5 Å². The number of carbonyl (C=O) groups is 1. The van der Waals surface area contributed by atoms with Crippen LogP contribution in [0.25, 0.3) is 16.8 Å². The normalized spacial score (nSPS) is 15.5. The van der Waals surface area contributed by atoms with Gasteiger partial charge in [-0.1, -0.05) is 41.7 Å². The molecule has 0 saturated carbocycles. The molecule has 188 valence electrons. The van der Waals surface area contributed by atoms with Gasteiger partial charge in [-0.3, -0.25) is 19.1 Å². The molecule has 2 aromatic carbocycles. The maximum absolute atomic E-state index is 14.0. The fourth-order valence-corrected chi connectivity index (χ4v) is 5.94. The predicted molar refractivity (Wildman–Crippen MR) is 146 cm³/mol. The van der Waals surface area contributed by atoms with Gasteiger partial charge in [0.1, 0.15) is 11.8 Å². The van der Waals surface area contributed by atoms with Crippen LogP contribution in [0.2, 0.25) is 0 Å². The van der Waals surface area contributed by atoms with Crippen LogP contribution in [0.1, 0.15) is 37.9 Å². The zero-order valence-corrected chi connectivity index (χ0v) is 22.1. The number of hydrogen-bond donors (Lipinski definition) is 0. The first-order valence-corrected chi connectivity index (χ1v) is 13.1. The Hall–Kier alpha value is -4.04. The lowest BCUT2D eigenvalue weighted by Crippen LogP contribution is -2.43. The lowest BCUT2D eigenvalue weighted by atomic mass is 9.90. The smallest absolute Gasteiger partial charge is 0.271 e. The Labute approximate surface area is 218 Å². The van der Waals surface area contributed by atoms with Crippen LogP contribution in [0.4, 0.5) is 0 Å². The van der Waals surface area contributed by atoms with E-state index in [2.05, 4.69) is 4.98 Å². The molecule has 8 heteroatoms. The van der Waals surface area contributed by atoms with Gasteiger partial charge in [0.2, 0.25) is 0 Å². The summed E-state index contributed by atoms with van der Waals surface area (Å²) in [7, 11) is 1.61. The Morgan fingerprint density at radius 3 is 2.54 bits per heavy atom. The summed E-state index contributed by atoms with van der Waals surface area (Å²) in [5.41, 5.74) is 2.55. The van der Waals surface area contributed by atoms with Crippen molar-refractivity contribution in [1.29, 1.82) is 0 Å². The number of pyridine rings is 1. The molecule has 0 fully saturated rings. The van der Waals surface area contributed by atoms with E-state index >= 15 is 0 Å². The minimum absolute atomic E-state index is 0.130. The molecule has 3 heterocycles. The first kappa shape index (κ1) is 24.6. The van der Waals surface area contributed by atoms with Crippen molar-refractivity contribution in [3.63, 3.8) is 0 Å². The zero-order valence-electron chi connectivity index (χ0n) is 21.3. The number of ether oxygens (including phenoxy) is 1. The summed E-state index contributed by atoms with van der Waals surface area (Å²) in [6.07, 6.45) is 5.23. The van der Waals surface area contributed by atoms with E-state index in [1.807, 2.05) is 75.4 Å². The molecule has 0 aliphatic carbocycles. The van der Waals surface area contributed by atoms with Gasteiger partial charge in [0.05, 0.1) is 22.9 Å². The summed E-state index contributed by atoms with van der Waals surface area (Å²) in [5, 5.41) is 1.93. The van der Waals surface area contributed by atoms with E-state index in [0.29, 0.717) is 39.4 Å². The van der Waals surface area contributed by atoms with Crippen molar-refractivity contribution >= 4 is 34.1 Å². The molecule has 0 bridgehead atoms. The van der Waals surface area contributed by atoms with E-state index in [0.717, 1.165) is 21.9 Å². The van der Waals surface area contributed by atoms with Crippen molar-refractivity contribution in [3.05, 3.63) is 103 Å². The van der Waals surface area contributed by atoms with E-state index in [9.17, 15) is 9.59 Å². The summed E-state index contributed by atoms with van der Waals surface area (Å²) in [4.78, 5) is 39.1. The van der Waals surface area contributed by atoms with E-state index in [4.69, 9.17) is 9.73 Å². The Morgan fingerprint density at radius 2 is 1.84 bits per heavy atom. The summed E-state index contributed by atoms with van der Waals surface area (Å²) in [6.45, 7) is 6.86. The molecular formula is C29H28N4O3S. The van der Waals surface area contributed by atoms with Gasteiger partial charge in [0, 0.05) is 31.0 Å². The van der Waals surface area contributed by atoms with Gasteiger partial charge >= 0.3 is 0 Å². The fraction of sp³-hybridized carbons (Fsp3) is 0.241. The number of methoxy groups -OCH3 is 1. The number of carbonyl (C=O) groups excluding carboxylic acids is 1.